The first-order valence-electron chi connectivity index (χ1n) is 12.5. The lowest BCUT2D eigenvalue weighted by Gasteiger charge is -2.37. The first-order chi connectivity index (χ1) is 18.3. The normalized spacial score (nSPS) is 20.3. The molecular weight excluding hydrogens is 510 g/mol. The number of hydrogen-bond donors (Lipinski definition) is 4. The first kappa shape index (κ1) is 27.4. The van der Waals surface area contributed by atoms with E-state index in [-0.39, 0.29) is 6.10 Å². The fourth-order valence-electron chi connectivity index (χ4n) is 5.17. The van der Waals surface area contributed by atoms with E-state index in [0.29, 0.717) is 29.1 Å². The lowest BCUT2D eigenvalue weighted by molar-refractivity contribution is -0.134. The number of rotatable bonds is 6. The zero-order valence-electron chi connectivity index (χ0n) is 20.7. The number of benzene rings is 1. The highest BCUT2D eigenvalue weighted by Crippen LogP contribution is 2.40. The minimum absolute atomic E-state index is 0.165. The van der Waals surface area contributed by atoms with Crippen LogP contribution in [-0.4, -0.2) is 77.6 Å². The van der Waals surface area contributed by atoms with Crippen LogP contribution in [-0.2, 0) is 9.59 Å². The van der Waals surface area contributed by atoms with Crippen molar-refractivity contribution in [3.8, 4) is 22.5 Å². The fraction of sp³-hybridized carbons (Fsp3) is 0.370. The number of aliphatic hydroxyl groups excluding tert-OH is 1. The van der Waals surface area contributed by atoms with E-state index in [1.165, 1.54) is 0 Å². The molecule has 1 aliphatic heterocycles. The molecule has 1 saturated heterocycles. The molecule has 0 radical (unpaired) electrons. The predicted octanol–water partition coefficient (Wildman–Crippen LogP) is 3.99. The summed E-state index contributed by atoms with van der Waals surface area (Å²) in [5.74, 6) is -2.13. The number of H-pyrrole nitrogens is 1. The van der Waals surface area contributed by atoms with Crippen molar-refractivity contribution in [1.29, 1.82) is 0 Å². The maximum absolute atomic E-state index is 10.3. The lowest BCUT2D eigenvalue weighted by Crippen LogP contribution is -2.44. The highest BCUT2D eigenvalue weighted by molar-refractivity contribution is 6.30. The second-order valence-electron chi connectivity index (χ2n) is 9.35. The highest BCUT2D eigenvalue weighted by atomic mass is 35.5. The third kappa shape index (κ3) is 6.83. The standard InChI is InChI=1S/C23H26ClN5O.C4H4O4/c24-17-6-4-15(5-7-17)22-21(18-8-11-25-14-26-18)23(28-27-22)16-9-12-29(13-10-16)19-2-1-3-20(19)30;5-3(6)1-2-4(7)8/h4-8,11,14,16,19-20,30H,1-3,9-10,12-13H2,(H,27,28);1-2H,(H,5,6)(H,7,8). The van der Waals surface area contributed by atoms with Gasteiger partial charge >= 0.3 is 11.9 Å². The van der Waals surface area contributed by atoms with Gasteiger partial charge < -0.3 is 15.3 Å². The molecule has 1 aromatic carbocycles. The third-order valence-electron chi connectivity index (χ3n) is 6.97. The van der Waals surface area contributed by atoms with Gasteiger partial charge in [-0.15, -0.1) is 0 Å². The summed E-state index contributed by atoms with van der Waals surface area (Å²) in [6.45, 7) is 2.01. The smallest absolute Gasteiger partial charge is 0.328 e. The van der Waals surface area contributed by atoms with Gasteiger partial charge in [-0.05, 0) is 63.4 Å². The average molecular weight is 540 g/mol. The summed E-state index contributed by atoms with van der Waals surface area (Å²) < 4.78 is 0. The summed E-state index contributed by atoms with van der Waals surface area (Å²) in [5, 5.41) is 34.6. The molecule has 2 aromatic heterocycles. The number of aliphatic hydroxyl groups is 1. The Morgan fingerprint density at radius 1 is 1.00 bits per heavy atom. The van der Waals surface area contributed by atoms with Crippen LogP contribution in [0.1, 0.15) is 43.7 Å². The van der Waals surface area contributed by atoms with E-state index in [1.807, 2.05) is 30.3 Å². The molecule has 1 aliphatic carbocycles. The zero-order valence-corrected chi connectivity index (χ0v) is 21.5. The van der Waals surface area contributed by atoms with Crippen molar-refractivity contribution >= 4 is 23.5 Å². The molecule has 2 aliphatic rings. The average Bonchev–Trinajstić information content (AvgIpc) is 3.55. The number of carbonyl (C=O) groups is 2. The fourth-order valence-corrected chi connectivity index (χ4v) is 5.30. The number of aromatic amines is 1. The number of piperidine rings is 1. The van der Waals surface area contributed by atoms with Gasteiger partial charge in [0.05, 0.1) is 11.8 Å². The molecule has 5 rings (SSSR count). The molecule has 200 valence electrons. The summed E-state index contributed by atoms with van der Waals surface area (Å²) in [7, 11) is 0. The third-order valence-corrected chi connectivity index (χ3v) is 7.22. The SMILES string of the molecule is O=C(O)C=CC(=O)O.OC1CCCC1N1CCC(c2[nH]nc(-c3ccc(Cl)cc3)c2-c2ccncn2)CC1. The molecule has 2 unspecified atom stereocenters. The number of nitrogens with one attached hydrogen (secondary N) is 1. The minimum Gasteiger partial charge on any atom is -0.478 e. The molecule has 0 spiro atoms. The molecule has 10 nitrogen and oxygen atoms in total. The summed E-state index contributed by atoms with van der Waals surface area (Å²) in [4.78, 5) is 30.2. The molecule has 3 heterocycles. The molecule has 2 atom stereocenters. The molecule has 0 bridgehead atoms. The molecular formula is C27H30ClN5O5. The van der Waals surface area contributed by atoms with Crippen molar-refractivity contribution in [2.24, 2.45) is 0 Å². The van der Waals surface area contributed by atoms with E-state index in [4.69, 9.17) is 26.9 Å². The number of aromatic nitrogens is 4. The summed E-state index contributed by atoms with van der Waals surface area (Å²) >= 11 is 6.09. The van der Waals surface area contributed by atoms with Crippen LogP contribution in [0.3, 0.4) is 0 Å². The second-order valence-corrected chi connectivity index (χ2v) is 9.78. The molecule has 3 aromatic rings. The van der Waals surface area contributed by atoms with Crippen molar-refractivity contribution in [2.75, 3.05) is 13.1 Å². The van der Waals surface area contributed by atoms with Gasteiger partial charge in [-0.25, -0.2) is 19.6 Å². The van der Waals surface area contributed by atoms with Crippen molar-refractivity contribution in [2.45, 2.75) is 50.2 Å². The largest absolute Gasteiger partial charge is 0.478 e. The Morgan fingerprint density at radius 2 is 1.68 bits per heavy atom. The number of likely N-dealkylation sites (tertiary alicyclic amines) is 1. The van der Waals surface area contributed by atoms with E-state index in [9.17, 15) is 14.7 Å². The van der Waals surface area contributed by atoms with Gasteiger partial charge in [0.25, 0.3) is 0 Å². The Hall–Kier alpha value is -3.60. The Bertz CT molecular complexity index is 1240. The molecule has 0 amide bonds. The van der Waals surface area contributed by atoms with Crippen molar-refractivity contribution in [3.05, 3.63) is 65.7 Å². The van der Waals surface area contributed by atoms with Crippen molar-refractivity contribution in [3.63, 3.8) is 0 Å². The zero-order chi connectivity index (χ0) is 27.1. The minimum atomic E-state index is -1.26. The summed E-state index contributed by atoms with van der Waals surface area (Å²) in [5.41, 5.74) is 4.99. The van der Waals surface area contributed by atoms with E-state index in [1.54, 1.807) is 12.5 Å². The quantitative estimate of drug-likeness (QED) is 0.340. The van der Waals surface area contributed by atoms with Gasteiger partial charge in [0.1, 0.15) is 12.0 Å². The van der Waals surface area contributed by atoms with Crippen LogP contribution in [0.15, 0.2) is 55.0 Å². The van der Waals surface area contributed by atoms with Crippen LogP contribution < -0.4 is 0 Å². The highest BCUT2D eigenvalue weighted by Gasteiger charge is 2.34. The van der Waals surface area contributed by atoms with Gasteiger partial charge in [0.15, 0.2) is 0 Å². The van der Waals surface area contributed by atoms with E-state index >= 15 is 0 Å². The summed E-state index contributed by atoms with van der Waals surface area (Å²) in [6.07, 6.45) is 9.58. The Balaban J connectivity index is 0.000000368. The maximum Gasteiger partial charge on any atom is 0.328 e. The molecule has 11 heteroatoms. The molecule has 2 fully saturated rings. The number of carboxylic acids is 2. The van der Waals surface area contributed by atoms with Crippen LogP contribution in [0.2, 0.25) is 5.02 Å². The number of halogens is 1. The number of nitrogens with zero attached hydrogens (tertiary/aromatic N) is 4. The Kier molecular flexibility index (Phi) is 9.22. The van der Waals surface area contributed by atoms with Crippen molar-refractivity contribution < 1.29 is 24.9 Å². The van der Waals surface area contributed by atoms with Crippen LogP contribution in [0, 0.1) is 0 Å². The number of hydrogen-bond acceptors (Lipinski definition) is 7. The van der Waals surface area contributed by atoms with Gasteiger partial charge in [-0.3, -0.25) is 10.00 Å². The number of carboxylic acid groups (broad SMARTS) is 2. The van der Waals surface area contributed by atoms with Crippen LogP contribution in [0.25, 0.3) is 22.5 Å². The number of aliphatic carboxylic acids is 2. The topological polar surface area (TPSA) is 153 Å². The monoisotopic (exact) mass is 539 g/mol. The first-order valence-corrected chi connectivity index (χ1v) is 12.9. The van der Waals surface area contributed by atoms with E-state index < -0.39 is 11.9 Å². The van der Waals surface area contributed by atoms with E-state index in [2.05, 4.69) is 20.0 Å². The maximum atomic E-state index is 10.3. The van der Waals surface area contributed by atoms with Gasteiger partial charge in [0, 0.05) is 52.2 Å². The van der Waals surface area contributed by atoms with Crippen LogP contribution in [0.5, 0.6) is 0 Å². The Morgan fingerprint density at radius 3 is 2.24 bits per heavy atom. The van der Waals surface area contributed by atoms with Gasteiger partial charge in [0.2, 0.25) is 0 Å². The van der Waals surface area contributed by atoms with Crippen molar-refractivity contribution in [1.82, 2.24) is 25.1 Å². The van der Waals surface area contributed by atoms with Gasteiger partial charge in [-0.2, -0.15) is 5.10 Å². The predicted molar refractivity (Wildman–Crippen MR) is 142 cm³/mol. The molecule has 38 heavy (non-hydrogen) atoms. The van der Waals surface area contributed by atoms with Gasteiger partial charge in [-0.1, -0.05) is 23.7 Å². The summed E-state index contributed by atoms with van der Waals surface area (Å²) in [6, 6.07) is 10.0. The lowest BCUT2D eigenvalue weighted by atomic mass is 9.88. The second kappa shape index (κ2) is 12.8. The Labute approximate surface area is 225 Å². The van der Waals surface area contributed by atoms with Crippen LogP contribution >= 0.6 is 11.6 Å². The van der Waals surface area contributed by atoms with Crippen LogP contribution in [0.4, 0.5) is 0 Å². The van der Waals surface area contributed by atoms with E-state index in [0.717, 1.165) is 73.4 Å². The molecule has 4 N–H and O–H groups in total. The molecule has 1 saturated carbocycles.